The summed E-state index contributed by atoms with van der Waals surface area (Å²) in [5, 5.41) is 12.4. The summed E-state index contributed by atoms with van der Waals surface area (Å²) < 4.78 is 21.7. The second-order valence-electron chi connectivity index (χ2n) is 8.56. The lowest BCUT2D eigenvalue weighted by molar-refractivity contribution is -0.132. The fourth-order valence-corrected chi connectivity index (χ4v) is 4.89. The van der Waals surface area contributed by atoms with Gasteiger partial charge < -0.3 is 29.0 Å². The lowest BCUT2D eigenvalue weighted by Crippen LogP contribution is -2.29. The van der Waals surface area contributed by atoms with Gasteiger partial charge in [0.05, 0.1) is 31.4 Å². The van der Waals surface area contributed by atoms with Gasteiger partial charge in [-0.15, -0.1) is 0 Å². The van der Waals surface area contributed by atoms with Crippen LogP contribution in [0.3, 0.4) is 0 Å². The molecule has 0 bridgehead atoms. The summed E-state index contributed by atoms with van der Waals surface area (Å²) in [5.41, 5.74) is 2.07. The maximum Gasteiger partial charge on any atom is 0.300 e. The van der Waals surface area contributed by atoms with E-state index in [4.69, 9.17) is 18.9 Å². The molecule has 1 amide bonds. The van der Waals surface area contributed by atoms with E-state index in [1.165, 1.54) is 19.1 Å². The van der Waals surface area contributed by atoms with Gasteiger partial charge in [-0.2, -0.15) is 0 Å². The van der Waals surface area contributed by atoms with Crippen molar-refractivity contribution in [3.8, 4) is 23.0 Å². The van der Waals surface area contributed by atoms with Crippen LogP contribution in [0.5, 0.6) is 23.0 Å². The monoisotopic (exact) mass is 498 g/mol. The molecule has 9 heteroatoms. The molecule has 0 spiro atoms. The lowest BCUT2D eigenvalue weighted by atomic mass is 9.94. The van der Waals surface area contributed by atoms with Crippen LogP contribution in [-0.4, -0.2) is 42.8 Å². The molecule has 1 aromatic heterocycles. The fraction of sp³-hybridized carbons (Fsp3) is 0.143. The number of aromatic nitrogens is 1. The summed E-state index contributed by atoms with van der Waals surface area (Å²) in [4.78, 5) is 31.7. The fourth-order valence-electron chi connectivity index (χ4n) is 4.89. The largest absolute Gasteiger partial charge is 0.507 e. The molecule has 1 fully saturated rings. The number of rotatable bonds is 5. The zero-order chi connectivity index (χ0) is 25.7. The van der Waals surface area contributed by atoms with Crippen molar-refractivity contribution < 1.29 is 33.6 Å². The van der Waals surface area contributed by atoms with E-state index < -0.39 is 17.7 Å². The van der Waals surface area contributed by atoms with Gasteiger partial charge >= 0.3 is 0 Å². The van der Waals surface area contributed by atoms with Gasteiger partial charge in [-0.25, -0.2) is 0 Å². The van der Waals surface area contributed by atoms with Gasteiger partial charge in [0.1, 0.15) is 17.3 Å². The van der Waals surface area contributed by atoms with Crippen molar-refractivity contribution >= 4 is 34.0 Å². The molecular formula is C28H22N2O7. The molecule has 1 saturated heterocycles. The second kappa shape index (κ2) is 8.63. The molecule has 2 N–H and O–H groups in total. The van der Waals surface area contributed by atoms with Crippen LogP contribution in [0.15, 0.2) is 72.4 Å². The molecule has 1 atom stereocenters. The predicted molar refractivity (Wildman–Crippen MR) is 135 cm³/mol. The van der Waals surface area contributed by atoms with Crippen molar-refractivity contribution in [2.24, 2.45) is 0 Å². The minimum absolute atomic E-state index is 0.0686. The van der Waals surface area contributed by atoms with Crippen molar-refractivity contribution in [2.75, 3.05) is 25.9 Å². The topological polar surface area (TPSA) is 110 Å². The SMILES string of the molecule is COc1ccc(OC)c(/C(O)=C2\C(=O)C(=O)N(c3ccc4c(c3)OCO4)C2c2c[nH]c3ccccc23)c1. The quantitative estimate of drug-likeness (QED) is 0.236. The lowest BCUT2D eigenvalue weighted by Gasteiger charge is -2.25. The van der Waals surface area contributed by atoms with Crippen LogP contribution in [0.4, 0.5) is 5.69 Å². The molecule has 9 nitrogen and oxygen atoms in total. The molecular weight excluding hydrogens is 476 g/mol. The van der Waals surface area contributed by atoms with Crippen molar-refractivity contribution in [2.45, 2.75) is 6.04 Å². The number of nitrogens with zero attached hydrogens (tertiary/aromatic N) is 1. The van der Waals surface area contributed by atoms with Crippen LogP contribution in [-0.2, 0) is 9.59 Å². The number of aromatic amines is 1. The van der Waals surface area contributed by atoms with E-state index in [1.54, 1.807) is 42.6 Å². The molecule has 3 heterocycles. The molecule has 1 unspecified atom stereocenters. The maximum absolute atomic E-state index is 13.6. The average Bonchev–Trinajstić information content (AvgIpc) is 3.64. The van der Waals surface area contributed by atoms with Gasteiger partial charge in [0.25, 0.3) is 11.7 Å². The number of amides is 1. The maximum atomic E-state index is 13.6. The van der Waals surface area contributed by atoms with Gasteiger partial charge in [-0.05, 0) is 36.4 Å². The molecule has 2 aliphatic rings. The second-order valence-corrected chi connectivity index (χ2v) is 8.56. The Kier molecular flexibility index (Phi) is 5.26. The first kappa shape index (κ1) is 22.5. The Morgan fingerprint density at radius 1 is 1.00 bits per heavy atom. The number of carbonyl (C=O) groups is 2. The van der Waals surface area contributed by atoms with Crippen molar-refractivity contribution in [3.05, 3.63) is 83.6 Å². The van der Waals surface area contributed by atoms with Crippen LogP contribution in [0.1, 0.15) is 17.2 Å². The Morgan fingerprint density at radius 2 is 1.81 bits per heavy atom. The van der Waals surface area contributed by atoms with Crippen LogP contribution in [0.25, 0.3) is 16.7 Å². The van der Waals surface area contributed by atoms with Crippen molar-refractivity contribution in [3.63, 3.8) is 0 Å². The highest BCUT2D eigenvalue weighted by Gasteiger charge is 2.48. The molecule has 6 rings (SSSR count). The number of ketones is 1. The minimum Gasteiger partial charge on any atom is -0.507 e. The van der Waals surface area contributed by atoms with Gasteiger partial charge in [-0.3, -0.25) is 14.5 Å². The Morgan fingerprint density at radius 3 is 2.62 bits per heavy atom. The van der Waals surface area contributed by atoms with Crippen molar-refractivity contribution in [1.82, 2.24) is 4.98 Å². The standard InChI is InChI=1S/C28H22N2O7/c1-34-16-8-10-21(35-2)18(12-16)26(31)24-25(19-13-29-20-6-4-3-5-17(19)20)30(28(33)27(24)32)15-7-9-22-23(11-15)37-14-36-22/h3-13,25,29,31H,14H2,1-2H3/b26-24+. The minimum atomic E-state index is -0.938. The number of para-hydroxylation sites is 1. The van der Waals surface area contributed by atoms with Crippen LogP contribution in [0.2, 0.25) is 0 Å². The van der Waals surface area contributed by atoms with E-state index >= 15 is 0 Å². The molecule has 37 heavy (non-hydrogen) atoms. The number of hydrogen-bond acceptors (Lipinski definition) is 7. The number of benzene rings is 3. The number of hydrogen-bond donors (Lipinski definition) is 2. The number of methoxy groups -OCH3 is 2. The highest BCUT2D eigenvalue weighted by molar-refractivity contribution is 6.52. The summed E-state index contributed by atoms with van der Waals surface area (Å²) in [6.07, 6.45) is 1.75. The zero-order valence-corrected chi connectivity index (χ0v) is 20.0. The van der Waals surface area contributed by atoms with Crippen LogP contribution >= 0.6 is 0 Å². The average molecular weight is 498 g/mol. The molecule has 186 valence electrons. The highest BCUT2D eigenvalue weighted by Crippen LogP contribution is 2.47. The summed E-state index contributed by atoms with van der Waals surface area (Å²) in [6, 6.07) is 16.5. The van der Waals surface area contributed by atoms with Gasteiger partial charge in [0.2, 0.25) is 6.79 Å². The summed E-state index contributed by atoms with van der Waals surface area (Å²) >= 11 is 0. The molecule has 2 aliphatic heterocycles. The number of anilines is 1. The zero-order valence-electron chi connectivity index (χ0n) is 20.0. The number of aliphatic hydroxyl groups is 1. The van der Waals surface area contributed by atoms with E-state index in [0.29, 0.717) is 34.2 Å². The van der Waals surface area contributed by atoms with E-state index in [-0.39, 0.29) is 23.7 Å². The summed E-state index contributed by atoms with van der Waals surface area (Å²) in [5.74, 6) is -0.182. The number of fused-ring (bicyclic) bond motifs is 2. The molecule has 3 aromatic carbocycles. The summed E-state index contributed by atoms with van der Waals surface area (Å²) in [7, 11) is 2.96. The number of aliphatic hydroxyl groups excluding tert-OH is 1. The van der Waals surface area contributed by atoms with E-state index in [1.807, 2.05) is 24.3 Å². The Labute approximate surface area is 211 Å². The first-order valence-corrected chi connectivity index (χ1v) is 11.5. The third-order valence-corrected chi connectivity index (χ3v) is 6.66. The first-order chi connectivity index (χ1) is 18.0. The van der Waals surface area contributed by atoms with E-state index in [9.17, 15) is 14.7 Å². The van der Waals surface area contributed by atoms with E-state index in [2.05, 4.69) is 4.98 Å². The van der Waals surface area contributed by atoms with Crippen LogP contribution in [0, 0.1) is 0 Å². The Balaban J connectivity index is 1.61. The van der Waals surface area contributed by atoms with Gasteiger partial charge in [0.15, 0.2) is 11.5 Å². The molecule has 0 saturated carbocycles. The van der Waals surface area contributed by atoms with Gasteiger partial charge in [0, 0.05) is 34.4 Å². The third-order valence-electron chi connectivity index (χ3n) is 6.66. The first-order valence-electron chi connectivity index (χ1n) is 11.5. The van der Waals surface area contributed by atoms with Crippen LogP contribution < -0.4 is 23.8 Å². The Bertz CT molecular complexity index is 1600. The number of ether oxygens (including phenoxy) is 4. The Hall–Kier alpha value is -4.92. The molecule has 0 radical (unpaired) electrons. The number of Topliss-reactive ketones (excluding diaryl/α,β-unsaturated/α-hetero) is 1. The third kappa shape index (κ3) is 3.47. The smallest absolute Gasteiger partial charge is 0.300 e. The van der Waals surface area contributed by atoms with Gasteiger partial charge in [-0.1, -0.05) is 18.2 Å². The van der Waals surface area contributed by atoms with Crippen molar-refractivity contribution in [1.29, 1.82) is 0 Å². The highest BCUT2D eigenvalue weighted by atomic mass is 16.7. The molecule has 0 aliphatic carbocycles. The summed E-state index contributed by atoms with van der Waals surface area (Å²) in [6.45, 7) is 0.0686. The molecule has 4 aromatic rings. The number of nitrogens with one attached hydrogen (secondary N) is 1. The normalized spacial score (nSPS) is 18.0. The number of carbonyl (C=O) groups excluding carboxylic acids is 2. The number of H-pyrrole nitrogens is 1. The predicted octanol–water partition coefficient (Wildman–Crippen LogP) is 4.54. The van der Waals surface area contributed by atoms with E-state index in [0.717, 1.165) is 10.9 Å².